The van der Waals surface area contributed by atoms with Gasteiger partial charge >= 0.3 is 0 Å². The molecule has 0 aliphatic rings. The molecule has 0 atom stereocenters. The standard InChI is InChI=1S/C20H19N3OS2/c1-2-3-5-14-7-9-15(10-8-14)21-19(24)17-13-26-20-22-16(12-23(17)20)18-6-4-11-25-18/h4,6-13H,2-3,5H2,1H3,(H,21,24). The van der Waals surface area contributed by atoms with E-state index in [0.29, 0.717) is 5.69 Å². The molecule has 0 radical (unpaired) electrons. The topological polar surface area (TPSA) is 46.4 Å². The average molecular weight is 382 g/mol. The molecular weight excluding hydrogens is 362 g/mol. The number of nitrogens with one attached hydrogen (secondary N) is 1. The number of amides is 1. The van der Waals surface area contributed by atoms with Crippen molar-refractivity contribution in [3.05, 3.63) is 64.6 Å². The number of imidazole rings is 1. The van der Waals surface area contributed by atoms with Gasteiger partial charge in [0.2, 0.25) is 0 Å². The van der Waals surface area contributed by atoms with Crippen molar-refractivity contribution in [2.45, 2.75) is 26.2 Å². The molecule has 26 heavy (non-hydrogen) atoms. The summed E-state index contributed by atoms with van der Waals surface area (Å²) in [5.41, 5.74) is 3.63. The third-order valence-corrected chi connectivity index (χ3v) is 5.98. The molecule has 1 amide bonds. The molecule has 3 aromatic heterocycles. The van der Waals surface area contributed by atoms with Crippen LogP contribution >= 0.6 is 22.7 Å². The van der Waals surface area contributed by atoms with Gasteiger partial charge in [-0.05, 0) is 42.0 Å². The molecule has 0 bridgehead atoms. The Morgan fingerprint density at radius 1 is 1.19 bits per heavy atom. The number of thiophene rings is 1. The Bertz CT molecular complexity index is 1010. The summed E-state index contributed by atoms with van der Waals surface area (Å²) in [6.07, 6.45) is 5.38. The van der Waals surface area contributed by atoms with Crippen molar-refractivity contribution in [2.75, 3.05) is 5.32 Å². The van der Waals surface area contributed by atoms with Crippen molar-refractivity contribution in [1.82, 2.24) is 9.38 Å². The summed E-state index contributed by atoms with van der Waals surface area (Å²) in [6.45, 7) is 2.19. The number of carbonyl (C=O) groups excluding carboxylic acids is 1. The first-order valence-electron chi connectivity index (χ1n) is 8.65. The van der Waals surface area contributed by atoms with Gasteiger partial charge in [-0.25, -0.2) is 4.98 Å². The highest BCUT2D eigenvalue weighted by atomic mass is 32.1. The van der Waals surface area contributed by atoms with Gasteiger partial charge in [0.25, 0.3) is 5.91 Å². The van der Waals surface area contributed by atoms with Gasteiger partial charge in [-0.1, -0.05) is 31.5 Å². The number of anilines is 1. The van der Waals surface area contributed by atoms with E-state index in [4.69, 9.17) is 0 Å². The molecule has 0 aliphatic carbocycles. The lowest BCUT2D eigenvalue weighted by molar-refractivity contribution is 0.102. The summed E-state index contributed by atoms with van der Waals surface area (Å²) in [5.74, 6) is -0.118. The predicted octanol–water partition coefficient (Wildman–Crippen LogP) is 5.72. The summed E-state index contributed by atoms with van der Waals surface area (Å²) in [4.78, 5) is 19.2. The summed E-state index contributed by atoms with van der Waals surface area (Å²) in [7, 11) is 0. The van der Waals surface area contributed by atoms with Crippen LogP contribution in [-0.4, -0.2) is 15.3 Å². The number of nitrogens with zero attached hydrogens (tertiary/aromatic N) is 2. The second-order valence-electron chi connectivity index (χ2n) is 6.13. The molecule has 0 saturated heterocycles. The van der Waals surface area contributed by atoms with Gasteiger partial charge in [0.15, 0.2) is 4.96 Å². The zero-order chi connectivity index (χ0) is 17.9. The van der Waals surface area contributed by atoms with E-state index < -0.39 is 0 Å². The monoisotopic (exact) mass is 381 g/mol. The van der Waals surface area contributed by atoms with E-state index in [2.05, 4.69) is 29.4 Å². The maximum atomic E-state index is 12.7. The largest absolute Gasteiger partial charge is 0.321 e. The van der Waals surface area contributed by atoms with E-state index in [1.54, 1.807) is 11.3 Å². The maximum absolute atomic E-state index is 12.7. The molecule has 1 aromatic carbocycles. The Morgan fingerprint density at radius 3 is 2.77 bits per heavy atom. The van der Waals surface area contributed by atoms with Gasteiger partial charge in [0.05, 0.1) is 4.88 Å². The van der Waals surface area contributed by atoms with Crippen molar-refractivity contribution >= 4 is 39.2 Å². The minimum Gasteiger partial charge on any atom is -0.321 e. The number of thiazole rings is 1. The van der Waals surface area contributed by atoms with Crippen LogP contribution in [-0.2, 0) is 6.42 Å². The van der Waals surface area contributed by atoms with E-state index in [-0.39, 0.29) is 5.91 Å². The Balaban J connectivity index is 1.52. The van der Waals surface area contributed by atoms with Gasteiger partial charge in [0.1, 0.15) is 11.4 Å². The van der Waals surface area contributed by atoms with Crippen molar-refractivity contribution in [2.24, 2.45) is 0 Å². The fourth-order valence-corrected chi connectivity index (χ4v) is 4.35. The first kappa shape index (κ1) is 17.0. The molecule has 0 unspecified atom stereocenters. The third kappa shape index (κ3) is 3.43. The fraction of sp³-hybridized carbons (Fsp3) is 0.200. The molecule has 1 N–H and O–H groups in total. The third-order valence-electron chi connectivity index (χ3n) is 4.25. The van der Waals surface area contributed by atoms with Gasteiger partial charge in [-0.2, -0.15) is 0 Å². The van der Waals surface area contributed by atoms with Crippen LogP contribution in [0.1, 0.15) is 35.8 Å². The van der Waals surface area contributed by atoms with Crippen molar-refractivity contribution < 1.29 is 4.79 Å². The highest BCUT2D eigenvalue weighted by molar-refractivity contribution is 7.15. The molecule has 0 fully saturated rings. The molecule has 3 heterocycles. The first-order valence-corrected chi connectivity index (χ1v) is 10.4. The minimum atomic E-state index is -0.118. The number of hydrogen-bond donors (Lipinski definition) is 1. The van der Waals surface area contributed by atoms with Crippen molar-refractivity contribution in [3.8, 4) is 10.6 Å². The predicted molar refractivity (Wildman–Crippen MR) is 109 cm³/mol. The molecule has 132 valence electrons. The molecule has 4 rings (SSSR count). The smallest absolute Gasteiger partial charge is 0.273 e. The molecule has 0 spiro atoms. The number of aromatic nitrogens is 2. The van der Waals surface area contributed by atoms with Crippen LogP contribution < -0.4 is 5.32 Å². The van der Waals surface area contributed by atoms with Gasteiger partial charge in [0, 0.05) is 17.3 Å². The molecule has 0 aliphatic heterocycles. The number of carbonyl (C=O) groups is 1. The lowest BCUT2D eigenvalue weighted by Gasteiger charge is -2.06. The number of benzene rings is 1. The van der Waals surface area contributed by atoms with Crippen LogP contribution in [0.25, 0.3) is 15.5 Å². The van der Waals surface area contributed by atoms with Crippen LogP contribution in [0.15, 0.2) is 53.4 Å². The minimum absolute atomic E-state index is 0.118. The Labute approximate surface area is 160 Å². The van der Waals surface area contributed by atoms with E-state index in [0.717, 1.165) is 27.6 Å². The van der Waals surface area contributed by atoms with Crippen LogP contribution in [0.4, 0.5) is 5.69 Å². The van der Waals surface area contributed by atoms with Gasteiger partial charge < -0.3 is 5.32 Å². The van der Waals surface area contributed by atoms with Crippen LogP contribution in [0, 0.1) is 0 Å². The van der Waals surface area contributed by atoms with Gasteiger partial charge in [-0.15, -0.1) is 22.7 Å². The van der Waals surface area contributed by atoms with Crippen molar-refractivity contribution in [1.29, 1.82) is 0 Å². The number of fused-ring (bicyclic) bond motifs is 1. The fourth-order valence-electron chi connectivity index (χ4n) is 2.82. The second-order valence-corrected chi connectivity index (χ2v) is 7.92. The average Bonchev–Trinajstić information content (AvgIpc) is 3.37. The van der Waals surface area contributed by atoms with E-state index in [1.165, 1.54) is 29.7 Å². The quantitative estimate of drug-likeness (QED) is 0.464. The van der Waals surface area contributed by atoms with Gasteiger partial charge in [-0.3, -0.25) is 9.20 Å². The number of aryl methyl sites for hydroxylation is 1. The molecule has 4 nitrogen and oxygen atoms in total. The van der Waals surface area contributed by atoms with E-state index in [9.17, 15) is 4.79 Å². The van der Waals surface area contributed by atoms with E-state index in [1.807, 2.05) is 45.6 Å². The molecule has 0 saturated carbocycles. The highest BCUT2D eigenvalue weighted by Gasteiger charge is 2.15. The highest BCUT2D eigenvalue weighted by Crippen LogP contribution is 2.27. The zero-order valence-corrected chi connectivity index (χ0v) is 16.1. The molecular formula is C20H19N3OS2. The van der Waals surface area contributed by atoms with Crippen LogP contribution in [0.5, 0.6) is 0 Å². The van der Waals surface area contributed by atoms with Crippen molar-refractivity contribution in [3.63, 3.8) is 0 Å². The summed E-state index contributed by atoms with van der Waals surface area (Å²) in [6, 6.07) is 12.2. The number of unbranched alkanes of at least 4 members (excludes halogenated alkanes) is 1. The Hall–Kier alpha value is -2.44. The summed E-state index contributed by atoms with van der Waals surface area (Å²) < 4.78 is 1.87. The second kappa shape index (κ2) is 7.43. The number of rotatable bonds is 6. The lowest BCUT2D eigenvalue weighted by atomic mass is 10.1. The van der Waals surface area contributed by atoms with Crippen LogP contribution in [0.2, 0.25) is 0 Å². The number of hydrogen-bond acceptors (Lipinski definition) is 4. The normalized spacial score (nSPS) is 11.1. The Kier molecular flexibility index (Phi) is 4.86. The summed E-state index contributed by atoms with van der Waals surface area (Å²) in [5, 5.41) is 6.87. The lowest BCUT2D eigenvalue weighted by Crippen LogP contribution is -2.13. The SMILES string of the molecule is CCCCc1ccc(NC(=O)c2csc3nc(-c4cccs4)cn23)cc1. The molecule has 6 heteroatoms. The Morgan fingerprint density at radius 2 is 2.04 bits per heavy atom. The van der Waals surface area contributed by atoms with E-state index >= 15 is 0 Å². The first-order chi connectivity index (χ1) is 12.7. The maximum Gasteiger partial charge on any atom is 0.273 e. The zero-order valence-electron chi connectivity index (χ0n) is 14.4. The van der Waals surface area contributed by atoms with Crippen LogP contribution in [0.3, 0.4) is 0 Å². The summed E-state index contributed by atoms with van der Waals surface area (Å²) >= 11 is 3.12. The molecule has 4 aromatic rings.